The maximum absolute atomic E-state index is 12.0. The second kappa shape index (κ2) is 8.20. The Kier molecular flexibility index (Phi) is 6.28. The number of hydrogen-bond acceptors (Lipinski definition) is 4. The van der Waals surface area contributed by atoms with Crippen molar-refractivity contribution in [2.75, 3.05) is 33.1 Å². The van der Waals surface area contributed by atoms with Crippen molar-refractivity contribution in [3.05, 3.63) is 23.8 Å². The zero-order chi connectivity index (χ0) is 16.8. The average molecular weight is 319 g/mol. The van der Waals surface area contributed by atoms with Gasteiger partial charge in [0, 0.05) is 32.2 Å². The van der Waals surface area contributed by atoms with Gasteiger partial charge in [-0.15, -0.1) is 0 Å². The minimum atomic E-state index is 0.0710. The number of carbonyl (C=O) groups excluding carboxylic acids is 1. The molecule has 23 heavy (non-hydrogen) atoms. The van der Waals surface area contributed by atoms with E-state index in [0.717, 1.165) is 36.4 Å². The molecule has 5 nitrogen and oxygen atoms in total. The lowest BCUT2D eigenvalue weighted by Crippen LogP contribution is -2.29. The molecule has 1 fully saturated rings. The third-order valence-corrected chi connectivity index (χ3v) is 4.61. The molecule has 0 radical (unpaired) electrons. The van der Waals surface area contributed by atoms with Crippen molar-refractivity contribution < 1.29 is 9.53 Å². The van der Waals surface area contributed by atoms with Gasteiger partial charge in [0.1, 0.15) is 5.75 Å². The Morgan fingerprint density at radius 1 is 1.30 bits per heavy atom. The predicted molar refractivity (Wildman–Crippen MR) is 93.8 cm³/mol. The van der Waals surface area contributed by atoms with E-state index in [0.29, 0.717) is 18.4 Å². The summed E-state index contributed by atoms with van der Waals surface area (Å²) in [4.78, 5) is 13.6. The molecule has 1 aliphatic carbocycles. The molecule has 128 valence electrons. The first-order valence-corrected chi connectivity index (χ1v) is 8.36. The van der Waals surface area contributed by atoms with Crippen molar-refractivity contribution in [2.24, 2.45) is 11.7 Å². The fourth-order valence-electron chi connectivity index (χ4n) is 3.07. The molecule has 1 aliphatic rings. The van der Waals surface area contributed by atoms with Crippen LogP contribution in [0.2, 0.25) is 0 Å². The quantitative estimate of drug-likeness (QED) is 0.844. The standard InChI is InChI=1S/C18H29N3O2/c1-21(2)17(22)11-14-5-4-6-16(18(14)23-3)20-12-13-7-9-15(19)10-8-13/h4-6,13,15,20H,7-12,19H2,1-3H3. The number of benzene rings is 1. The van der Waals surface area contributed by atoms with E-state index in [9.17, 15) is 4.79 Å². The summed E-state index contributed by atoms with van der Waals surface area (Å²) in [6.07, 6.45) is 4.93. The summed E-state index contributed by atoms with van der Waals surface area (Å²) >= 11 is 0. The van der Waals surface area contributed by atoms with Crippen molar-refractivity contribution in [2.45, 2.75) is 38.1 Å². The predicted octanol–water partition coefficient (Wildman–Crippen LogP) is 2.26. The molecule has 5 heteroatoms. The van der Waals surface area contributed by atoms with Gasteiger partial charge in [-0.1, -0.05) is 12.1 Å². The van der Waals surface area contributed by atoms with Crippen molar-refractivity contribution in [1.29, 1.82) is 0 Å². The van der Waals surface area contributed by atoms with Gasteiger partial charge >= 0.3 is 0 Å². The van der Waals surface area contributed by atoms with E-state index in [-0.39, 0.29) is 5.91 Å². The first-order valence-electron chi connectivity index (χ1n) is 8.36. The van der Waals surface area contributed by atoms with Crippen LogP contribution in [0.15, 0.2) is 18.2 Å². The van der Waals surface area contributed by atoms with E-state index in [1.807, 2.05) is 18.2 Å². The summed E-state index contributed by atoms with van der Waals surface area (Å²) in [5.41, 5.74) is 7.85. The van der Waals surface area contributed by atoms with Crippen molar-refractivity contribution in [3.63, 3.8) is 0 Å². The first kappa shape index (κ1) is 17.6. The smallest absolute Gasteiger partial charge is 0.226 e. The zero-order valence-corrected chi connectivity index (χ0v) is 14.5. The molecule has 1 aromatic carbocycles. The van der Waals surface area contributed by atoms with Gasteiger partial charge in [0.2, 0.25) is 5.91 Å². The molecule has 0 aromatic heterocycles. The molecule has 0 spiro atoms. The zero-order valence-electron chi connectivity index (χ0n) is 14.5. The minimum absolute atomic E-state index is 0.0710. The van der Waals surface area contributed by atoms with Crippen LogP contribution in [-0.4, -0.2) is 44.6 Å². The van der Waals surface area contributed by atoms with Gasteiger partial charge in [-0.05, 0) is 37.7 Å². The third kappa shape index (κ3) is 4.86. The highest BCUT2D eigenvalue weighted by Crippen LogP contribution is 2.31. The molecule has 1 amide bonds. The molecule has 0 aliphatic heterocycles. The van der Waals surface area contributed by atoms with Crippen LogP contribution in [0, 0.1) is 5.92 Å². The van der Waals surface area contributed by atoms with Gasteiger partial charge in [-0.3, -0.25) is 4.79 Å². The van der Waals surface area contributed by atoms with E-state index in [1.165, 1.54) is 12.8 Å². The summed E-state index contributed by atoms with van der Waals surface area (Å²) in [6, 6.07) is 6.31. The summed E-state index contributed by atoms with van der Waals surface area (Å²) in [6.45, 7) is 0.925. The molecular weight excluding hydrogens is 290 g/mol. The lowest BCUT2D eigenvalue weighted by molar-refractivity contribution is -0.127. The molecule has 0 bridgehead atoms. The highest BCUT2D eigenvalue weighted by Gasteiger charge is 2.19. The van der Waals surface area contributed by atoms with Gasteiger partial charge in [-0.2, -0.15) is 0 Å². The first-order chi connectivity index (χ1) is 11.0. The van der Waals surface area contributed by atoms with Gasteiger partial charge in [-0.25, -0.2) is 0 Å². The number of ether oxygens (including phenoxy) is 1. The number of rotatable bonds is 6. The number of nitrogens with two attached hydrogens (primary N) is 1. The topological polar surface area (TPSA) is 67.6 Å². The lowest BCUT2D eigenvalue weighted by Gasteiger charge is -2.27. The van der Waals surface area contributed by atoms with Crippen LogP contribution in [-0.2, 0) is 11.2 Å². The van der Waals surface area contributed by atoms with Gasteiger partial charge in [0.05, 0.1) is 19.2 Å². The van der Waals surface area contributed by atoms with E-state index in [1.54, 1.807) is 26.1 Å². The number of para-hydroxylation sites is 1. The van der Waals surface area contributed by atoms with E-state index >= 15 is 0 Å². The number of nitrogens with one attached hydrogen (secondary N) is 1. The van der Waals surface area contributed by atoms with Crippen molar-refractivity contribution in [3.8, 4) is 5.75 Å². The number of anilines is 1. The van der Waals surface area contributed by atoms with Crippen LogP contribution >= 0.6 is 0 Å². The van der Waals surface area contributed by atoms with E-state index < -0.39 is 0 Å². The van der Waals surface area contributed by atoms with Gasteiger partial charge in [0.25, 0.3) is 0 Å². The van der Waals surface area contributed by atoms with Crippen molar-refractivity contribution in [1.82, 2.24) is 4.90 Å². The van der Waals surface area contributed by atoms with Crippen LogP contribution in [0.3, 0.4) is 0 Å². The Morgan fingerprint density at radius 3 is 2.61 bits per heavy atom. The Morgan fingerprint density at radius 2 is 2.00 bits per heavy atom. The largest absolute Gasteiger partial charge is 0.494 e. The highest BCUT2D eigenvalue weighted by molar-refractivity contribution is 5.80. The van der Waals surface area contributed by atoms with Crippen LogP contribution in [0.5, 0.6) is 5.75 Å². The number of carbonyl (C=O) groups is 1. The van der Waals surface area contributed by atoms with E-state index in [2.05, 4.69) is 5.32 Å². The Bertz CT molecular complexity index is 523. The minimum Gasteiger partial charge on any atom is -0.494 e. The fraction of sp³-hybridized carbons (Fsp3) is 0.611. The maximum atomic E-state index is 12.0. The molecule has 0 heterocycles. The highest BCUT2D eigenvalue weighted by atomic mass is 16.5. The summed E-state index contributed by atoms with van der Waals surface area (Å²) in [5.74, 6) is 1.50. The third-order valence-electron chi connectivity index (χ3n) is 4.61. The van der Waals surface area contributed by atoms with Crippen LogP contribution in [0.4, 0.5) is 5.69 Å². The monoisotopic (exact) mass is 319 g/mol. The van der Waals surface area contributed by atoms with Crippen LogP contribution in [0.1, 0.15) is 31.2 Å². The number of likely N-dealkylation sites (N-methyl/N-ethyl adjacent to an activating group) is 1. The second-order valence-electron chi connectivity index (χ2n) is 6.62. The number of nitrogens with zero attached hydrogens (tertiary/aromatic N) is 1. The molecule has 1 aromatic rings. The molecule has 3 N–H and O–H groups in total. The molecule has 2 rings (SSSR count). The Labute approximate surface area is 139 Å². The number of amides is 1. The summed E-state index contributed by atoms with van der Waals surface area (Å²) in [5, 5.41) is 3.50. The molecule has 1 saturated carbocycles. The lowest BCUT2D eigenvalue weighted by atomic mass is 9.86. The molecule has 0 atom stereocenters. The number of methoxy groups -OCH3 is 1. The average Bonchev–Trinajstić information content (AvgIpc) is 2.54. The SMILES string of the molecule is COc1c(CC(=O)N(C)C)cccc1NCC1CCC(N)CC1. The number of hydrogen-bond donors (Lipinski definition) is 2. The summed E-state index contributed by atoms with van der Waals surface area (Å²) in [7, 11) is 5.19. The normalized spacial score (nSPS) is 20.9. The molecule has 0 saturated heterocycles. The van der Waals surface area contributed by atoms with Crippen LogP contribution < -0.4 is 15.8 Å². The second-order valence-corrected chi connectivity index (χ2v) is 6.62. The Balaban J connectivity index is 2.02. The van der Waals surface area contributed by atoms with Gasteiger partial charge < -0.3 is 20.7 Å². The van der Waals surface area contributed by atoms with Gasteiger partial charge in [0.15, 0.2) is 0 Å². The van der Waals surface area contributed by atoms with E-state index in [4.69, 9.17) is 10.5 Å². The van der Waals surface area contributed by atoms with Crippen LogP contribution in [0.25, 0.3) is 0 Å². The molecular formula is C18H29N3O2. The maximum Gasteiger partial charge on any atom is 0.226 e. The summed E-state index contributed by atoms with van der Waals surface area (Å²) < 4.78 is 5.56. The van der Waals surface area contributed by atoms with Crippen molar-refractivity contribution >= 4 is 11.6 Å². The fourth-order valence-corrected chi connectivity index (χ4v) is 3.07. The Hall–Kier alpha value is -1.75. The molecule has 0 unspecified atom stereocenters.